The molecule has 1 saturated heterocycles. The number of benzene rings is 2. The van der Waals surface area contributed by atoms with Crippen LogP contribution in [0.4, 0.5) is 0 Å². The lowest BCUT2D eigenvalue weighted by Crippen LogP contribution is -2.52. The minimum Gasteiger partial charge on any atom is -0.316 e. The predicted molar refractivity (Wildman–Crippen MR) is 119 cm³/mol. The van der Waals surface area contributed by atoms with E-state index in [1.165, 1.54) is 23.3 Å². The van der Waals surface area contributed by atoms with Gasteiger partial charge in [0.1, 0.15) is 5.37 Å². The molecule has 1 fully saturated rings. The van der Waals surface area contributed by atoms with Crippen LogP contribution in [0.25, 0.3) is 0 Å². The zero-order valence-corrected chi connectivity index (χ0v) is 19.0. The molecule has 156 valence electrons. The second-order valence-corrected chi connectivity index (χ2v) is 11.0. The molecular weight excluding hydrogens is 451 g/mol. The Kier molecular flexibility index (Phi) is 6.45. The number of rotatable bonds is 4. The van der Waals surface area contributed by atoms with E-state index in [1.54, 1.807) is 0 Å². The largest absolute Gasteiger partial charge is 0.316 e. The highest BCUT2D eigenvalue weighted by Gasteiger charge is 2.41. The van der Waals surface area contributed by atoms with Gasteiger partial charge in [0.05, 0.1) is 20.0 Å². The predicted octanol–water partition coefficient (Wildman–Crippen LogP) is 4.80. The van der Waals surface area contributed by atoms with Crippen molar-refractivity contribution in [3.05, 3.63) is 62.6 Å². The highest BCUT2D eigenvalue weighted by Crippen LogP contribution is 2.38. The van der Waals surface area contributed by atoms with Crippen LogP contribution in [0, 0.1) is 5.92 Å². The number of halogens is 3. The molecule has 0 spiro atoms. The maximum Gasteiger partial charge on any atom is 0.196 e. The first-order valence-corrected chi connectivity index (χ1v) is 12.5. The molecule has 0 radical (unpaired) electrons. The van der Waals surface area contributed by atoms with Gasteiger partial charge >= 0.3 is 0 Å². The van der Waals surface area contributed by atoms with Crippen molar-refractivity contribution in [2.24, 2.45) is 5.92 Å². The minimum atomic E-state index is -3.76. The van der Waals surface area contributed by atoms with Crippen LogP contribution in [-0.4, -0.2) is 38.3 Å². The van der Waals surface area contributed by atoms with Crippen LogP contribution in [-0.2, 0) is 22.8 Å². The van der Waals surface area contributed by atoms with Crippen LogP contribution in [0.1, 0.15) is 24.0 Å². The molecule has 8 heteroatoms. The van der Waals surface area contributed by atoms with Crippen molar-refractivity contribution in [1.82, 2.24) is 10.2 Å². The van der Waals surface area contributed by atoms with Gasteiger partial charge in [-0.1, -0.05) is 59.1 Å². The van der Waals surface area contributed by atoms with E-state index in [0.717, 1.165) is 25.8 Å². The topological polar surface area (TPSA) is 49.4 Å². The summed E-state index contributed by atoms with van der Waals surface area (Å²) in [6.07, 6.45) is 2.64. The first kappa shape index (κ1) is 21.4. The quantitative estimate of drug-likeness (QED) is 0.648. The maximum atomic E-state index is 13.9. The molecule has 2 unspecified atom stereocenters. The second kappa shape index (κ2) is 8.74. The number of hydrogen-bond acceptors (Lipinski definition) is 4. The van der Waals surface area contributed by atoms with Crippen LogP contribution in [0.5, 0.6) is 0 Å². The molecule has 0 bridgehead atoms. The van der Waals surface area contributed by atoms with Gasteiger partial charge in [-0.3, -0.25) is 4.90 Å². The monoisotopic (exact) mass is 472 g/mol. The van der Waals surface area contributed by atoms with Crippen LogP contribution in [0.2, 0.25) is 15.1 Å². The second-order valence-electron chi connectivity index (χ2n) is 7.73. The molecule has 2 heterocycles. The van der Waals surface area contributed by atoms with Crippen molar-refractivity contribution in [2.75, 3.05) is 19.6 Å². The minimum absolute atomic E-state index is 0.0236. The van der Waals surface area contributed by atoms with E-state index >= 15 is 0 Å². The molecule has 2 atom stereocenters. The summed E-state index contributed by atoms with van der Waals surface area (Å²) in [5.41, 5.74) is 2.47. The van der Waals surface area contributed by atoms with Gasteiger partial charge < -0.3 is 5.32 Å². The summed E-state index contributed by atoms with van der Waals surface area (Å²) >= 11 is 18.5. The average Bonchev–Trinajstić information content (AvgIpc) is 2.71. The number of hydrogen-bond donors (Lipinski definition) is 1. The Morgan fingerprint density at radius 1 is 1.03 bits per heavy atom. The zero-order chi connectivity index (χ0) is 20.6. The molecule has 0 aromatic heterocycles. The smallest absolute Gasteiger partial charge is 0.196 e. The third-order valence-electron chi connectivity index (χ3n) is 5.86. The van der Waals surface area contributed by atoms with Gasteiger partial charge in [-0.15, -0.1) is 0 Å². The lowest BCUT2D eigenvalue weighted by molar-refractivity contribution is 0.162. The van der Waals surface area contributed by atoms with Gasteiger partial charge in [0, 0.05) is 25.6 Å². The fraction of sp³-hybridized carbons (Fsp3) is 0.429. The zero-order valence-electron chi connectivity index (χ0n) is 15.9. The number of fused-ring (bicyclic) bond motifs is 1. The molecule has 4 nitrogen and oxygen atoms in total. The van der Waals surface area contributed by atoms with E-state index in [4.69, 9.17) is 34.8 Å². The van der Waals surface area contributed by atoms with Gasteiger partial charge in [0.15, 0.2) is 9.84 Å². The van der Waals surface area contributed by atoms with Gasteiger partial charge in [0.25, 0.3) is 0 Å². The summed E-state index contributed by atoms with van der Waals surface area (Å²) in [7, 11) is -3.76. The van der Waals surface area contributed by atoms with E-state index in [-0.39, 0.29) is 25.9 Å². The van der Waals surface area contributed by atoms with Crippen molar-refractivity contribution in [3.63, 3.8) is 0 Å². The summed E-state index contributed by atoms with van der Waals surface area (Å²) in [5, 5.41) is 3.25. The lowest BCUT2D eigenvalue weighted by atomic mass is 9.95. The first-order chi connectivity index (χ1) is 13.9. The molecule has 2 aromatic carbocycles. The fourth-order valence-corrected chi connectivity index (χ4v) is 7.58. The van der Waals surface area contributed by atoms with Crippen molar-refractivity contribution in [1.29, 1.82) is 0 Å². The molecule has 4 rings (SSSR count). The van der Waals surface area contributed by atoms with Crippen LogP contribution in [0.3, 0.4) is 0 Å². The van der Waals surface area contributed by atoms with Crippen LogP contribution in [0.15, 0.2) is 41.3 Å². The maximum absolute atomic E-state index is 13.9. The molecular formula is C21H23Cl3N2O2S. The summed E-state index contributed by atoms with van der Waals surface area (Å²) in [6.45, 7) is 2.88. The summed E-state index contributed by atoms with van der Waals surface area (Å²) in [5.74, 6) is -0.0236. The third-order valence-corrected chi connectivity index (χ3v) is 9.27. The summed E-state index contributed by atoms with van der Waals surface area (Å²) < 4.78 is 27.7. The third kappa shape index (κ3) is 4.32. The van der Waals surface area contributed by atoms with Gasteiger partial charge in [-0.25, -0.2) is 8.42 Å². The molecule has 2 aromatic rings. The highest BCUT2D eigenvalue weighted by atomic mass is 35.5. The first-order valence-electron chi connectivity index (χ1n) is 9.78. The van der Waals surface area contributed by atoms with E-state index in [0.29, 0.717) is 19.6 Å². The Morgan fingerprint density at radius 2 is 1.76 bits per heavy atom. The standard InChI is InChI=1S/C21H23Cl3N2O2S/c22-17-10-19(24)20(11-18(17)23)29(27,28)21(15-6-3-8-25-12-15)26-9-7-14-4-1-2-5-16(14)13-26/h1-2,4-5,10-11,15,21,25H,3,6-9,12-13H2. The normalized spacial score (nSPS) is 21.6. The van der Waals surface area contributed by atoms with Crippen molar-refractivity contribution >= 4 is 44.6 Å². The number of nitrogens with zero attached hydrogens (tertiary/aromatic N) is 1. The van der Waals surface area contributed by atoms with Crippen molar-refractivity contribution < 1.29 is 8.42 Å². The number of nitrogens with one attached hydrogen (secondary N) is 1. The van der Waals surface area contributed by atoms with E-state index in [1.807, 2.05) is 12.1 Å². The van der Waals surface area contributed by atoms with Gasteiger partial charge in [-0.2, -0.15) is 0 Å². The van der Waals surface area contributed by atoms with Crippen molar-refractivity contribution in [2.45, 2.75) is 36.1 Å². The average molecular weight is 474 g/mol. The molecule has 1 N–H and O–H groups in total. The molecule has 29 heavy (non-hydrogen) atoms. The van der Waals surface area contributed by atoms with Crippen LogP contribution >= 0.6 is 34.8 Å². The Labute approximate surface area is 187 Å². The van der Waals surface area contributed by atoms with Crippen LogP contribution < -0.4 is 5.32 Å². The van der Waals surface area contributed by atoms with E-state index in [2.05, 4.69) is 22.3 Å². The van der Waals surface area contributed by atoms with E-state index in [9.17, 15) is 8.42 Å². The van der Waals surface area contributed by atoms with Gasteiger partial charge in [-0.05, 0) is 49.1 Å². The Hall–Kier alpha value is -0.820. The summed E-state index contributed by atoms with van der Waals surface area (Å²) in [6, 6.07) is 11.0. The molecule has 2 aliphatic heterocycles. The fourth-order valence-electron chi connectivity index (χ4n) is 4.46. The number of piperidine rings is 1. The molecule has 0 saturated carbocycles. The molecule has 2 aliphatic rings. The van der Waals surface area contributed by atoms with Gasteiger partial charge in [0.2, 0.25) is 0 Å². The Balaban J connectivity index is 1.76. The Bertz CT molecular complexity index is 1010. The molecule has 0 amide bonds. The lowest BCUT2D eigenvalue weighted by Gasteiger charge is -2.40. The van der Waals surface area contributed by atoms with E-state index < -0.39 is 15.2 Å². The highest BCUT2D eigenvalue weighted by molar-refractivity contribution is 7.92. The SMILES string of the molecule is O=S(=O)(c1cc(Cl)c(Cl)cc1Cl)C(C1CCCNC1)N1CCc2ccccc2C1. The van der Waals surface area contributed by atoms with Crippen molar-refractivity contribution in [3.8, 4) is 0 Å². The molecule has 0 aliphatic carbocycles. The Morgan fingerprint density at radius 3 is 2.48 bits per heavy atom. The number of sulfone groups is 1. The summed E-state index contributed by atoms with van der Waals surface area (Å²) in [4.78, 5) is 2.15.